The van der Waals surface area contributed by atoms with Crippen LogP contribution < -0.4 is 5.32 Å². The maximum Gasteiger partial charge on any atom is 0.245 e. The third-order valence-corrected chi connectivity index (χ3v) is 4.20. The molecule has 2 amide bonds. The van der Waals surface area contributed by atoms with E-state index in [1.165, 1.54) is 12.8 Å². The van der Waals surface area contributed by atoms with E-state index in [0.717, 1.165) is 18.9 Å². The van der Waals surface area contributed by atoms with E-state index in [4.69, 9.17) is 0 Å². The Labute approximate surface area is 115 Å². The minimum absolute atomic E-state index is 0.0144. The number of rotatable bonds is 5. The van der Waals surface area contributed by atoms with E-state index < -0.39 is 0 Å². The second kappa shape index (κ2) is 5.93. The van der Waals surface area contributed by atoms with Gasteiger partial charge in [0, 0.05) is 19.5 Å². The van der Waals surface area contributed by atoms with Crippen molar-refractivity contribution in [2.24, 2.45) is 17.8 Å². The summed E-state index contributed by atoms with van der Waals surface area (Å²) in [5.74, 6) is 1.91. The van der Waals surface area contributed by atoms with Gasteiger partial charge in [0.2, 0.25) is 11.8 Å². The van der Waals surface area contributed by atoms with Crippen LogP contribution in [-0.2, 0) is 9.59 Å². The van der Waals surface area contributed by atoms with Gasteiger partial charge in [-0.25, -0.2) is 0 Å². The van der Waals surface area contributed by atoms with Crippen molar-refractivity contribution >= 4 is 11.8 Å². The average molecular weight is 266 g/mol. The summed E-state index contributed by atoms with van der Waals surface area (Å²) < 4.78 is 0. The highest BCUT2D eigenvalue weighted by Gasteiger charge is 2.34. The zero-order chi connectivity index (χ0) is 14.0. The molecule has 2 unspecified atom stereocenters. The summed E-state index contributed by atoms with van der Waals surface area (Å²) in [6.45, 7) is 7.79. The van der Waals surface area contributed by atoms with Crippen LogP contribution in [0.4, 0.5) is 0 Å². The molecule has 2 atom stereocenters. The molecule has 1 aliphatic carbocycles. The number of amides is 2. The fourth-order valence-electron chi connectivity index (χ4n) is 2.87. The lowest BCUT2D eigenvalue weighted by Crippen LogP contribution is -2.46. The average Bonchev–Trinajstić information content (AvgIpc) is 3.15. The number of nitrogens with zero attached hydrogens (tertiary/aromatic N) is 1. The Balaban J connectivity index is 2.00. The van der Waals surface area contributed by atoms with Crippen molar-refractivity contribution in [2.75, 3.05) is 13.1 Å². The summed E-state index contributed by atoms with van der Waals surface area (Å²) in [6.07, 6.45) is 3.78. The molecule has 1 saturated heterocycles. The summed E-state index contributed by atoms with van der Waals surface area (Å²) in [7, 11) is 0. The van der Waals surface area contributed by atoms with Gasteiger partial charge in [0.15, 0.2) is 0 Å². The zero-order valence-electron chi connectivity index (χ0n) is 12.3. The Morgan fingerprint density at radius 3 is 2.53 bits per heavy atom. The number of carbonyl (C=O) groups excluding carboxylic acids is 2. The van der Waals surface area contributed by atoms with Gasteiger partial charge in [0.05, 0.1) is 0 Å². The second-order valence-corrected chi connectivity index (χ2v) is 6.60. The Morgan fingerprint density at radius 2 is 1.95 bits per heavy atom. The largest absolute Gasteiger partial charge is 0.344 e. The third-order valence-electron chi connectivity index (χ3n) is 4.20. The fraction of sp³-hybridized carbons (Fsp3) is 0.867. The smallest absolute Gasteiger partial charge is 0.245 e. The standard InChI is InChI=1S/C15H26N2O2/c1-10(2)8-13-15(19)17(7-6-14(18)16-13)9-11(3)12-4-5-12/h10-13H,4-9H2,1-3H3,(H,16,18). The van der Waals surface area contributed by atoms with E-state index in [1.54, 1.807) is 0 Å². The van der Waals surface area contributed by atoms with E-state index in [0.29, 0.717) is 24.8 Å². The van der Waals surface area contributed by atoms with Crippen LogP contribution in [0.5, 0.6) is 0 Å². The molecule has 1 aliphatic heterocycles. The van der Waals surface area contributed by atoms with Crippen molar-refractivity contribution < 1.29 is 9.59 Å². The molecule has 4 nitrogen and oxygen atoms in total. The van der Waals surface area contributed by atoms with Crippen LogP contribution in [0.1, 0.15) is 46.5 Å². The molecular weight excluding hydrogens is 240 g/mol. The lowest BCUT2D eigenvalue weighted by atomic mass is 10.0. The van der Waals surface area contributed by atoms with Crippen molar-refractivity contribution in [3.05, 3.63) is 0 Å². The van der Waals surface area contributed by atoms with E-state index in [-0.39, 0.29) is 17.9 Å². The van der Waals surface area contributed by atoms with E-state index in [1.807, 2.05) is 4.90 Å². The summed E-state index contributed by atoms with van der Waals surface area (Å²) in [4.78, 5) is 26.1. The highest BCUT2D eigenvalue weighted by Crippen LogP contribution is 2.37. The van der Waals surface area contributed by atoms with E-state index in [9.17, 15) is 9.59 Å². The van der Waals surface area contributed by atoms with Gasteiger partial charge in [-0.3, -0.25) is 9.59 Å². The molecule has 0 bridgehead atoms. The molecule has 2 fully saturated rings. The molecule has 0 aromatic rings. The maximum absolute atomic E-state index is 12.5. The topological polar surface area (TPSA) is 49.4 Å². The molecule has 19 heavy (non-hydrogen) atoms. The van der Waals surface area contributed by atoms with Gasteiger partial charge < -0.3 is 10.2 Å². The molecule has 0 radical (unpaired) electrons. The molecule has 1 heterocycles. The molecule has 1 saturated carbocycles. The van der Waals surface area contributed by atoms with Gasteiger partial charge in [0.25, 0.3) is 0 Å². The van der Waals surface area contributed by atoms with Crippen LogP contribution in [0.25, 0.3) is 0 Å². The molecule has 108 valence electrons. The third kappa shape index (κ3) is 3.95. The van der Waals surface area contributed by atoms with Gasteiger partial charge >= 0.3 is 0 Å². The predicted molar refractivity (Wildman–Crippen MR) is 74.5 cm³/mol. The minimum Gasteiger partial charge on any atom is -0.344 e. The summed E-state index contributed by atoms with van der Waals surface area (Å²) in [6, 6.07) is -0.318. The Hall–Kier alpha value is -1.06. The van der Waals surface area contributed by atoms with Crippen molar-refractivity contribution in [1.29, 1.82) is 0 Å². The summed E-state index contributed by atoms with van der Waals surface area (Å²) in [5, 5.41) is 2.88. The number of hydrogen-bond donors (Lipinski definition) is 1. The lowest BCUT2D eigenvalue weighted by Gasteiger charge is -2.27. The highest BCUT2D eigenvalue weighted by molar-refractivity contribution is 5.89. The SMILES string of the molecule is CC(C)CC1NC(=O)CCN(CC(C)C2CC2)C1=O. The van der Waals surface area contributed by atoms with Gasteiger partial charge in [0.1, 0.15) is 6.04 Å². The Bertz CT molecular complexity index is 350. The summed E-state index contributed by atoms with van der Waals surface area (Å²) in [5.41, 5.74) is 0. The first-order valence-electron chi connectivity index (χ1n) is 7.55. The fourth-order valence-corrected chi connectivity index (χ4v) is 2.87. The first-order valence-corrected chi connectivity index (χ1v) is 7.55. The second-order valence-electron chi connectivity index (χ2n) is 6.60. The quantitative estimate of drug-likeness (QED) is 0.825. The Kier molecular flexibility index (Phi) is 4.48. The van der Waals surface area contributed by atoms with Crippen LogP contribution in [0.2, 0.25) is 0 Å². The monoisotopic (exact) mass is 266 g/mol. The number of carbonyl (C=O) groups is 2. The van der Waals surface area contributed by atoms with Gasteiger partial charge in [-0.2, -0.15) is 0 Å². The molecule has 1 N–H and O–H groups in total. The molecule has 2 aliphatic rings. The first-order chi connectivity index (χ1) is 8.97. The van der Waals surface area contributed by atoms with Crippen molar-refractivity contribution in [2.45, 2.75) is 52.5 Å². The number of hydrogen-bond acceptors (Lipinski definition) is 2. The van der Waals surface area contributed by atoms with Crippen LogP contribution >= 0.6 is 0 Å². The van der Waals surface area contributed by atoms with Crippen LogP contribution in [-0.4, -0.2) is 35.8 Å². The summed E-state index contributed by atoms with van der Waals surface area (Å²) >= 11 is 0. The van der Waals surface area contributed by atoms with Crippen molar-refractivity contribution in [3.8, 4) is 0 Å². The van der Waals surface area contributed by atoms with E-state index >= 15 is 0 Å². The van der Waals surface area contributed by atoms with Crippen LogP contribution in [0.3, 0.4) is 0 Å². The number of nitrogens with one attached hydrogen (secondary N) is 1. The van der Waals surface area contributed by atoms with Crippen LogP contribution in [0.15, 0.2) is 0 Å². The molecule has 2 rings (SSSR count). The molecular formula is C15H26N2O2. The molecule has 0 aromatic heterocycles. The predicted octanol–water partition coefficient (Wildman–Crippen LogP) is 1.80. The van der Waals surface area contributed by atoms with Crippen molar-refractivity contribution in [1.82, 2.24) is 10.2 Å². The van der Waals surface area contributed by atoms with E-state index in [2.05, 4.69) is 26.1 Å². The van der Waals surface area contributed by atoms with Crippen molar-refractivity contribution in [3.63, 3.8) is 0 Å². The molecule has 0 aromatic carbocycles. The zero-order valence-corrected chi connectivity index (χ0v) is 12.3. The van der Waals surface area contributed by atoms with Crippen LogP contribution in [0, 0.1) is 17.8 Å². The van der Waals surface area contributed by atoms with Gasteiger partial charge in [-0.1, -0.05) is 20.8 Å². The van der Waals surface area contributed by atoms with Gasteiger partial charge in [-0.05, 0) is 37.0 Å². The minimum atomic E-state index is -0.318. The lowest BCUT2D eigenvalue weighted by molar-refractivity contribution is -0.134. The normalized spacial score (nSPS) is 26.3. The maximum atomic E-state index is 12.5. The first kappa shape index (κ1) is 14.4. The Morgan fingerprint density at radius 1 is 1.26 bits per heavy atom. The highest BCUT2D eigenvalue weighted by atomic mass is 16.2. The van der Waals surface area contributed by atoms with Gasteiger partial charge in [-0.15, -0.1) is 0 Å². The molecule has 4 heteroatoms. The molecule has 0 spiro atoms.